The van der Waals surface area contributed by atoms with E-state index in [4.69, 9.17) is 14.2 Å². The molecule has 0 aliphatic carbocycles. The number of para-hydroxylation sites is 1. The molecule has 0 spiro atoms. The number of carbonyl (C=O) groups is 1. The molecular weight excluding hydrogens is 424 g/mol. The Labute approximate surface area is 189 Å². The number of methoxy groups -OCH3 is 1. The molecule has 0 N–H and O–H groups in total. The van der Waals surface area contributed by atoms with E-state index in [0.717, 1.165) is 11.1 Å². The van der Waals surface area contributed by atoms with Crippen molar-refractivity contribution in [1.82, 2.24) is 0 Å². The number of benzene rings is 3. The number of esters is 1. The lowest BCUT2D eigenvalue weighted by Gasteiger charge is -2.13. The fraction of sp³-hybridized carbons (Fsp3) is 0.120. The maximum atomic E-state index is 12.5. The molecule has 4 rings (SSSR count). The van der Waals surface area contributed by atoms with Gasteiger partial charge in [0, 0.05) is 23.3 Å². The molecule has 3 aromatic rings. The van der Waals surface area contributed by atoms with Crippen LogP contribution in [0.3, 0.4) is 0 Å². The van der Waals surface area contributed by atoms with Crippen molar-refractivity contribution in [2.45, 2.75) is 13.5 Å². The molecule has 3 aromatic carbocycles. The molecule has 33 heavy (non-hydrogen) atoms. The van der Waals surface area contributed by atoms with Crippen LogP contribution in [0.2, 0.25) is 0 Å². The molecule has 1 aliphatic heterocycles. The normalized spacial score (nSPS) is 14.1. The third-order valence-corrected chi connectivity index (χ3v) is 5.02. The predicted octanol–water partition coefficient (Wildman–Crippen LogP) is 4.84. The van der Waals surface area contributed by atoms with Gasteiger partial charge in [-0.3, -0.25) is 10.1 Å². The molecular formula is C25H20N2O6. The highest BCUT2D eigenvalue weighted by atomic mass is 16.6. The van der Waals surface area contributed by atoms with E-state index in [-0.39, 0.29) is 23.9 Å². The van der Waals surface area contributed by atoms with Crippen molar-refractivity contribution >= 4 is 23.6 Å². The van der Waals surface area contributed by atoms with E-state index in [1.165, 1.54) is 19.2 Å². The first-order chi connectivity index (χ1) is 16.0. The molecule has 0 aromatic heterocycles. The van der Waals surface area contributed by atoms with Crippen LogP contribution in [0.25, 0.3) is 6.08 Å². The molecule has 0 saturated carbocycles. The molecule has 0 saturated heterocycles. The Balaban J connectivity index is 1.65. The second-order valence-electron chi connectivity index (χ2n) is 7.25. The average molecular weight is 444 g/mol. The number of hydrogen-bond acceptors (Lipinski definition) is 7. The number of rotatable bonds is 7. The van der Waals surface area contributed by atoms with Crippen LogP contribution < -0.4 is 9.47 Å². The summed E-state index contributed by atoms with van der Waals surface area (Å²) in [5, 5.41) is 11.0. The van der Waals surface area contributed by atoms with Crippen LogP contribution in [0.4, 0.5) is 5.69 Å². The summed E-state index contributed by atoms with van der Waals surface area (Å²) in [6.45, 7) is 1.98. The second-order valence-corrected chi connectivity index (χ2v) is 7.25. The molecule has 8 nitrogen and oxygen atoms in total. The van der Waals surface area contributed by atoms with Gasteiger partial charge in [0.25, 0.3) is 5.69 Å². The van der Waals surface area contributed by atoms with Crippen LogP contribution in [-0.2, 0) is 16.1 Å². The fourth-order valence-electron chi connectivity index (χ4n) is 3.36. The molecule has 1 heterocycles. The van der Waals surface area contributed by atoms with Gasteiger partial charge in [-0.1, -0.05) is 42.5 Å². The van der Waals surface area contributed by atoms with Gasteiger partial charge < -0.3 is 14.2 Å². The van der Waals surface area contributed by atoms with E-state index in [1.54, 1.807) is 36.4 Å². The predicted molar refractivity (Wildman–Crippen MR) is 122 cm³/mol. The first-order valence-corrected chi connectivity index (χ1v) is 10.1. The Bertz CT molecular complexity index is 1300. The summed E-state index contributed by atoms with van der Waals surface area (Å²) in [5.74, 6) is 0.502. The van der Waals surface area contributed by atoms with Crippen LogP contribution in [0.1, 0.15) is 22.3 Å². The summed E-state index contributed by atoms with van der Waals surface area (Å²) in [6.07, 6.45) is 1.57. The topological polar surface area (TPSA) is 100 Å². The highest BCUT2D eigenvalue weighted by Gasteiger charge is 2.25. The summed E-state index contributed by atoms with van der Waals surface area (Å²) in [5.41, 5.74) is 2.96. The van der Waals surface area contributed by atoms with E-state index >= 15 is 0 Å². The molecule has 166 valence electrons. The molecule has 1 aliphatic rings. The number of nitro benzene ring substituents is 1. The van der Waals surface area contributed by atoms with Crippen LogP contribution >= 0.6 is 0 Å². The van der Waals surface area contributed by atoms with Crippen molar-refractivity contribution in [2.75, 3.05) is 7.11 Å². The summed E-state index contributed by atoms with van der Waals surface area (Å²) < 4.78 is 16.8. The van der Waals surface area contributed by atoms with Crippen LogP contribution in [0.15, 0.2) is 77.4 Å². The number of hydrogen-bond donors (Lipinski definition) is 0. The van der Waals surface area contributed by atoms with E-state index in [2.05, 4.69) is 4.99 Å². The van der Waals surface area contributed by atoms with Gasteiger partial charge in [0.15, 0.2) is 17.2 Å². The Morgan fingerprint density at radius 1 is 1.09 bits per heavy atom. The summed E-state index contributed by atoms with van der Waals surface area (Å²) >= 11 is 0. The van der Waals surface area contributed by atoms with E-state index in [9.17, 15) is 14.9 Å². The maximum absolute atomic E-state index is 12.5. The molecule has 0 bridgehead atoms. The Morgan fingerprint density at radius 3 is 2.64 bits per heavy atom. The van der Waals surface area contributed by atoms with Gasteiger partial charge >= 0.3 is 5.97 Å². The van der Waals surface area contributed by atoms with Crippen molar-refractivity contribution in [3.8, 4) is 11.5 Å². The van der Waals surface area contributed by atoms with Gasteiger partial charge in [-0.25, -0.2) is 9.79 Å². The molecule has 0 radical (unpaired) electrons. The fourth-order valence-corrected chi connectivity index (χ4v) is 3.36. The number of cyclic esters (lactones) is 1. The van der Waals surface area contributed by atoms with Crippen LogP contribution in [-0.4, -0.2) is 23.9 Å². The van der Waals surface area contributed by atoms with Gasteiger partial charge in [0.05, 0.1) is 12.0 Å². The summed E-state index contributed by atoms with van der Waals surface area (Å²) in [6, 6.07) is 18.9. The monoisotopic (exact) mass is 444 g/mol. The largest absolute Gasteiger partial charge is 0.493 e. The van der Waals surface area contributed by atoms with Crippen molar-refractivity contribution in [3.63, 3.8) is 0 Å². The molecule has 0 unspecified atom stereocenters. The Morgan fingerprint density at radius 2 is 1.88 bits per heavy atom. The quantitative estimate of drug-likeness (QED) is 0.224. The highest BCUT2D eigenvalue weighted by molar-refractivity contribution is 6.13. The average Bonchev–Trinajstić information content (AvgIpc) is 3.18. The van der Waals surface area contributed by atoms with E-state index in [0.29, 0.717) is 22.6 Å². The zero-order chi connectivity index (χ0) is 23.4. The van der Waals surface area contributed by atoms with Crippen molar-refractivity contribution in [3.05, 3.63) is 105 Å². The van der Waals surface area contributed by atoms with Gasteiger partial charge in [-0.15, -0.1) is 0 Å². The standard InChI is InChI=1S/C25H20N2O6/c1-16-7-3-4-11-20(16)24-26-21(25(28)33-24)14-18-9-6-12-22(31-2)23(18)32-15-17-8-5-10-19(13-17)27(29)30/h3-14H,15H2,1-2H3/b21-14-. The number of aryl methyl sites for hydroxylation is 1. The number of aliphatic imine (C=N–C) groups is 1. The molecule has 0 atom stereocenters. The Hall–Kier alpha value is -4.46. The van der Waals surface area contributed by atoms with Crippen molar-refractivity contribution < 1.29 is 23.9 Å². The van der Waals surface area contributed by atoms with Crippen LogP contribution in [0, 0.1) is 17.0 Å². The summed E-state index contributed by atoms with van der Waals surface area (Å²) in [4.78, 5) is 27.4. The number of nitrogens with zero attached hydrogens (tertiary/aromatic N) is 2. The number of ether oxygens (including phenoxy) is 3. The summed E-state index contributed by atoms with van der Waals surface area (Å²) in [7, 11) is 1.50. The lowest BCUT2D eigenvalue weighted by Crippen LogP contribution is -2.06. The molecule has 8 heteroatoms. The highest BCUT2D eigenvalue weighted by Crippen LogP contribution is 2.34. The zero-order valence-corrected chi connectivity index (χ0v) is 18.0. The number of carbonyl (C=O) groups excluding carboxylic acids is 1. The lowest BCUT2D eigenvalue weighted by atomic mass is 10.1. The number of nitro groups is 1. The van der Waals surface area contributed by atoms with Gasteiger partial charge in [-0.2, -0.15) is 0 Å². The van der Waals surface area contributed by atoms with E-state index < -0.39 is 10.9 Å². The van der Waals surface area contributed by atoms with Crippen molar-refractivity contribution in [2.24, 2.45) is 4.99 Å². The SMILES string of the molecule is COc1cccc(/C=C2\N=C(c3ccccc3C)OC2=O)c1OCc1cccc([N+](=O)[O-])c1. The lowest BCUT2D eigenvalue weighted by molar-refractivity contribution is -0.384. The first-order valence-electron chi connectivity index (χ1n) is 10.1. The Kier molecular flexibility index (Phi) is 6.17. The minimum atomic E-state index is -0.569. The second kappa shape index (κ2) is 9.35. The van der Waals surface area contributed by atoms with Gasteiger partial charge in [0.2, 0.25) is 5.90 Å². The number of non-ortho nitro benzene ring substituents is 1. The van der Waals surface area contributed by atoms with E-state index in [1.807, 2.05) is 31.2 Å². The minimum absolute atomic E-state index is 0.0229. The minimum Gasteiger partial charge on any atom is -0.493 e. The molecule has 0 fully saturated rings. The zero-order valence-electron chi connectivity index (χ0n) is 18.0. The van der Waals surface area contributed by atoms with Gasteiger partial charge in [0.1, 0.15) is 6.61 Å². The third kappa shape index (κ3) is 4.74. The molecule has 0 amide bonds. The van der Waals surface area contributed by atoms with Crippen LogP contribution in [0.5, 0.6) is 11.5 Å². The maximum Gasteiger partial charge on any atom is 0.363 e. The van der Waals surface area contributed by atoms with Gasteiger partial charge in [-0.05, 0) is 36.3 Å². The van der Waals surface area contributed by atoms with Crippen molar-refractivity contribution in [1.29, 1.82) is 0 Å². The third-order valence-electron chi connectivity index (χ3n) is 5.02. The first kappa shape index (κ1) is 21.8. The smallest absolute Gasteiger partial charge is 0.363 e.